The first kappa shape index (κ1) is 28.1. The molecule has 7 nitrogen and oxygen atoms in total. The van der Waals surface area contributed by atoms with Gasteiger partial charge in [0.05, 0.1) is 34.6 Å². The Morgan fingerprint density at radius 3 is 2.57 bits per heavy atom. The van der Waals surface area contributed by atoms with E-state index < -0.39 is 12.0 Å². The number of carbonyl (C=O) groups is 1. The fourth-order valence-electron chi connectivity index (χ4n) is 5.89. The van der Waals surface area contributed by atoms with Crippen LogP contribution in [0.15, 0.2) is 76.0 Å². The van der Waals surface area contributed by atoms with E-state index in [1.165, 1.54) is 11.3 Å². The molecule has 0 N–H and O–H groups in total. The van der Waals surface area contributed by atoms with E-state index in [0.717, 1.165) is 59.6 Å². The molecule has 0 amide bonds. The zero-order chi connectivity index (χ0) is 29.4. The molecule has 4 aromatic rings. The van der Waals surface area contributed by atoms with Crippen LogP contribution in [0.2, 0.25) is 0 Å². The number of rotatable bonds is 7. The summed E-state index contributed by atoms with van der Waals surface area (Å²) in [7, 11) is 0. The maximum atomic E-state index is 14.2. The van der Waals surface area contributed by atoms with Crippen molar-refractivity contribution < 1.29 is 14.3 Å². The van der Waals surface area contributed by atoms with Gasteiger partial charge in [-0.05, 0) is 63.8 Å². The number of aromatic nitrogens is 2. The van der Waals surface area contributed by atoms with E-state index in [4.69, 9.17) is 14.5 Å². The molecule has 6 rings (SSSR count). The van der Waals surface area contributed by atoms with Gasteiger partial charge in [0, 0.05) is 30.1 Å². The van der Waals surface area contributed by atoms with E-state index >= 15 is 0 Å². The molecule has 0 spiro atoms. The second-order valence-corrected chi connectivity index (χ2v) is 11.9. The predicted octanol–water partition coefficient (Wildman–Crippen LogP) is 4.84. The van der Waals surface area contributed by atoms with E-state index in [0.29, 0.717) is 20.6 Å². The molecule has 0 saturated carbocycles. The van der Waals surface area contributed by atoms with E-state index in [-0.39, 0.29) is 18.3 Å². The highest BCUT2D eigenvalue weighted by Gasteiger charge is 2.35. The number of carbonyl (C=O) groups excluding carboxylic acids is 1. The van der Waals surface area contributed by atoms with Gasteiger partial charge in [-0.15, -0.1) is 0 Å². The second kappa shape index (κ2) is 11.7. The van der Waals surface area contributed by atoms with Crippen molar-refractivity contribution in [3.63, 3.8) is 0 Å². The lowest BCUT2D eigenvalue weighted by atomic mass is 9.92. The Labute approximate surface area is 249 Å². The molecule has 0 unspecified atom stereocenters. The van der Waals surface area contributed by atoms with Crippen LogP contribution < -0.4 is 14.9 Å². The first-order valence-corrected chi connectivity index (χ1v) is 15.3. The Morgan fingerprint density at radius 1 is 1.12 bits per heavy atom. The zero-order valence-corrected chi connectivity index (χ0v) is 25.2. The topological polar surface area (TPSA) is 74.8 Å². The molecule has 1 saturated heterocycles. The summed E-state index contributed by atoms with van der Waals surface area (Å²) in [4.78, 5) is 33.3. The highest BCUT2D eigenvalue weighted by atomic mass is 32.1. The first-order valence-electron chi connectivity index (χ1n) is 14.5. The number of nitrogens with zero attached hydrogens (tertiary/aromatic N) is 3. The summed E-state index contributed by atoms with van der Waals surface area (Å²) < 4.78 is 16.0. The van der Waals surface area contributed by atoms with Crippen molar-refractivity contribution in [3.05, 3.63) is 120 Å². The molecule has 42 heavy (non-hydrogen) atoms. The SMILES string of the molecule is CCOC(=O)C1=C(c2ccccc2)N=c2s/c(=C\c3cc(C)n(C[C@@H]4CCCO4)c3C)c(=O)n2[C@@H]1c1ccc(C)cc1. The molecule has 0 bridgehead atoms. The summed E-state index contributed by atoms with van der Waals surface area (Å²) in [6, 6.07) is 19.0. The maximum absolute atomic E-state index is 14.2. The average molecular weight is 582 g/mol. The Hall–Kier alpha value is -4.01. The first-order chi connectivity index (χ1) is 20.4. The molecule has 2 aromatic heterocycles. The molecule has 0 radical (unpaired) electrons. The van der Waals surface area contributed by atoms with Crippen molar-refractivity contribution in [1.29, 1.82) is 0 Å². The van der Waals surface area contributed by atoms with Gasteiger partial charge in [-0.25, -0.2) is 9.79 Å². The number of hydrogen-bond donors (Lipinski definition) is 0. The lowest BCUT2D eigenvalue weighted by Gasteiger charge is -2.26. The van der Waals surface area contributed by atoms with E-state index in [1.807, 2.05) is 67.6 Å². The van der Waals surface area contributed by atoms with Crippen molar-refractivity contribution in [2.24, 2.45) is 4.99 Å². The minimum absolute atomic E-state index is 0.179. The molecule has 8 heteroatoms. The third-order valence-corrected chi connectivity index (χ3v) is 9.06. The number of hydrogen-bond acceptors (Lipinski definition) is 6. The number of aryl methyl sites for hydroxylation is 2. The van der Waals surface area contributed by atoms with Crippen LogP contribution in [0, 0.1) is 20.8 Å². The average Bonchev–Trinajstić information content (AvgIpc) is 3.69. The van der Waals surface area contributed by atoms with Gasteiger partial charge in [0.15, 0.2) is 4.80 Å². The normalized spacial score (nSPS) is 18.7. The monoisotopic (exact) mass is 581 g/mol. The smallest absolute Gasteiger partial charge is 0.338 e. The Kier molecular flexibility index (Phi) is 7.84. The highest BCUT2D eigenvalue weighted by Crippen LogP contribution is 2.35. The minimum Gasteiger partial charge on any atom is -0.463 e. The van der Waals surface area contributed by atoms with Gasteiger partial charge in [0.2, 0.25) is 0 Å². The second-order valence-electron chi connectivity index (χ2n) is 10.9. The summed E-state index contributed by atoms with van der Waals surface area (Å²) in [5, 5.41) is 0. The predicted molar refractivity (Wildman–Crippen MR) is 165 cm³/mol. The quantitative estimate of drug-likeness (QED) is 0.293. The summed E-state index contributed by atoms with van der Waals surface area (Å²) in [6.07, 6.45) is 4.34. The summed E-state index contributed by atoms with van der Waals surface area (Å²) >= 11 is 1.35. The van der Waals surface area contributed by atoms with Gasteiger partial charge >= 0.3 is 5.97 Å². The van der Waals surface area contributed by atoms with Gasteiger partial charge in [-0.1, -0.05) is 71.5 Å². The van der Waals surface area contributed by atoms with Crippen LogP contribution in [-0.2, 0) is 20.8 Å². The summed E-state index contributed by atoms with van der Waals surface area (Å²) in [6.45, 7) is 9.83. The lowest BCUT2D eigenvalue weighted by Crippen LogP contribution is -2.40. The lowest BCUT2D eigenvalue weighted by molar-refractivity contribution is -0.138. The van der Waals surface area contributed by atoms with Gasteiger partial charge in [-0.2, -0.15) is 0 Å². The van der Waals surface area contributed by atoms with Gasteiger partial charge in [0.25, 0.3) is 5.56 Å². The molecule has 2 atom stereocenters. The number of benzene rings is 2. The maximum Gasteiger partial charge on any atom is 0.338 e. The Bertz CT molecular complexity index is 1840. The van der Waals surface area contributed by atoms with Crippen LogP contribution in [0.4, 0.5) is 0 Å². The number of esters is 1. The Morgan fingerprint density at radius 2 is 1.88 bits per heavy atom. The molecule has 2 aliphatic heterocycles. The zero-order valence-electron chi connectivity index (χ0n) is 24.4. The van der Waals surface area contributed by atoms with Crippen LogP contribution in [0.25, 0.3) is 11.8 Å². The molecule has 4 heterocycles. The molecular formula is C34H35N3O4S. The van der Waals surface area contributed by atoms with Crippen molar-refractivity contribution in [1.82, 2.24) is 9.13 Å². The number of ether oxygens (including phenoxy) is 2. The number of fused-ring (bicyclic) bond motifs is 1. The summed E-state index contributed by atoms with van der Waals surface area (Å²) in [5.74, 6) is -0.474. The highest BCUT2D eigenvalue weighted by molar-refractivity contribution is 7.07. The fourth-order valence-corrected chi connectivity index (χ4v) is 6.88. The fraction of sp³-hybridized carbons (Fsp3) is 0.324. The van der Waals surface area contributed by atoms with Crippen LogP contribution >= 0.6 is 11.3 Å². The van der Waals surface area contributed by atoms with Crippen molar-refractivity contribution in [2.45, 2.75) is 59.2 Å². The third kappa shape index (κ3) is 5.21. The van der Waals surface area contributed by atoms with Crippen LogP contribution in [-0.4, -0.2) is 34.4 Å². The molecule has 2 aliphatic rings. The third-order valence-electron chi connectivity index (χ3n) is 8.08. The minimum atomic E-state index is -0.676. The van der Waals surface area contributed by atoms with E-state index in [9.17, 15) is 9.59 Å². The van der Waals surface area contributed by atoms with Gasteiger partial charge in [0.1, 0.15) is 0 Å². The Balaban J connectivity index is 1.55. The van der Waals surface area contributed by atoms with Crippen LogP contribution in [0.1, 0.15) is 59.4 Å². The molecular weight excluding hydrogens is 546 g/mol. The molecule has 216 valence electrons. The number of thiazole rings is 1. The van der Waals surface area contributed by atoms with Crippen LogP contribution in [0.5, 0.6) is 0 Å². The van der Waals surface area contributed by atoms with E-state index in [2.05, 4.69) is 24.5 Å². The van der Waals surface area contributed by atoms with Crippen molar-refractivity contribution >= 4 is 29.1 Å². The van der Waals surface area contributed by atoms with Gasteiger partial charge in [-0.3, -0.25) is 9.36 Å². The van der Waals surface area contributed by atoms with Crippen LogP contribution in [0.3, 0.4) is 0 Å². The van der Waals surface area contributed by atoms with E-state index in [1.54, 1.807) is 11.5 Å². The summed E-state index contributed by atoms with van der Waals surface area (Å²) in [5.41, 5.74) is 6.66. The molecule has 0 aliphatic carbocycles. The largest absolute Gasteiger partial charge is 0.463 e. The molecule has 2 aromatic carbocycles. The van der Waals surface area contributed by atoms with Gasteiger partial charge < -0.3 is 14.0 Å². The van der Waals surface area contributed by atoms with Crippen molar-refractivity contribution in [2.75, 3.05) is 13.2 Å². The van der Waals surface area contributed by atoms with Crippen molar-refractivity contribution in [3.8, 4) is 0 Å². The standard InChI is InChI=1S/C34H35N3O4S/c1-5-40-33(39)29-30(24-10-7-6-8-11-24)35-34-37(31(29)25-15-13-21(2)14-16-25)32(38)28(42-34)19-26-18-22(3)36(23(26)4)20-27-12-9-17-41-27/h6-8,10-11,13-16,18-19,27,31H,5,9,12,17,20H2,1-4H3/b28-19-/t27-,31+/m0/s1. The molecule has 1 fully saturated rings.